The Hall–Kier alpha value is -1.41. The summed E-state index contributed by atoms with van der Waals surface area (Å²) >= 11 is 5.99. The van der Waals surface area contributed by atoms with E-state index in [0.717, 1.165) is 5.56 Å². The Balaban J connectivity index is 2.49. The Kier molecular flexibility index (Phi) is 3.20. The van der Waals surface area contributed by atoms with Gasteiger partial charge in [-0.25, -0.2) is 8.78 Å². The molecule has 0 bridgehead atoms. The average Bonchev–Trinajstić information content (AvgIpc) is 2.30. The highest BCUT2D eigenvalue weighted by atomic mass is 35.5. The van der Waals surface area contributed by atoms with Gasteiger partial charge in [-0.3, -0.25) is 0 Å². The molecule has 2 aromatic carbocycles. The maximum absolute atomic E-state index is 12.5. The maximum atomic E-state index is 12.5. The van der Waals surface area contributed by atoms with Crippen molar-refractivity contribution in [1.82, 2.24) is 0 Å². The lowest BCUT2D eigenvalue weighted by molar-refractivity contribution is 0.151. The van der Waals surface area contributed by atoms with Crippen LogP contribution in [-0.2, 0) is 0 Å². The number of hydrogen-bond donors (Lipinski definition) is 0. The van der Waals surface area contributed by atoms with E-state index in [-0.39, 0.29) is 5.56 Å². The van der Waals surface area contributed by atoms with Crippen LogP contribution >= 0.6 is 11.6 Å². The first kappa shape index (κ1) is 11.1. The normalized spacial score (nSPS) is 10.8. The van der Waals surface area contributed by atoms with Gasteiger partial charge in [0.15, 0.2) is 0 Å². The standard InChI is InChI=1S/C13H8ClF2/c14-12-7-2-1-6-11(12)9-4-3-5-10(8-9)13(15)16/h1-4,6-8,13H. The first-order valence-electron chi connectivity index (χ1n) is 4.73. The van der Waals surface area contributed by atoms with Crippen LogP contribution in [0.3, 0.4) is 0 Å². The average molecular weight is 238 g/mol. The van der Waals surface area contributed by atoms with Crippen molar-refractivity contribution < 1.29 is 8.78 Å². The van der Waals surface area contributed by atoms with Crippen LogP contribution in [0.4, 0.5) is 8.78 Å². The number of halogens is 3. The Labute approximate surface area is 97.5 Å². The second-order valence-electron chi connectivity index (χ2n) is 3.31. The van der Waals surface area contributed by atoms with Crippen LogP contribution in [0.15, 0.2) is 42.5 Å². The predicted molar refractivity (Wildman–Crippen MR) is 60.7 cm³/mol. The van der Waals surface area contributed by atoms with Crippen molar-refractivity contribution in [1.29, 1.82) is 0 Å². The molecule has 0 N–H and O–H groups in total. The van der Waals surface area contributed by atoms with Gasteiger partial charge < -0.3 is 0 Å². The molecule has 0 heterocycles. The summed E-state index contributed by atoms with van der Waals surface area (Å²) in [5.41, 5.74) is 1.32. The van der Waals surface area contributed by atoms with Crippen molar-refractivity contribution in [3.8, 4) is 11.1 Å². The van der Waals surface area contributed by atoms with E-state index in [1.165, 1.54) is 12.1 Å². The fourth-order valence-corrected chi connectivity index (χ4v) is 1.72. The molecule has 0 aliphatic carbocycles. The fraction of sp³-hybridized carbons (Fsp3) is 0.0769. The summed E-state index contributed by atoms with van der Waals surface area (Å²) in [6.07, 6.45) is -2.51. The Morgan fingerprint density at radius 1 is 1.12 bits per heavy atom. The molecule has 2 aromatic rings. The molecule has 0 unspecified atom stereocenters. The van der Waals surface area contributed by atoms with E-state index in [2.05, 4.69) is 6.07 Å². The molecular weight excluding hydrogens is 230 g/mol. The van der Waals surface area contributed by atoms with E-state index in [1.54, 1.807) is 24.3 Å². The summed E-state index contributed by atoms with van der Waals surface area (Å²) < 4.78 is 25.0. The topological polar surface area (TPSA) is 0 Å². The van der Waals surface area contributed by atoms with Crippen LogP contribution in [0, 0.1) is 6.07 Å². The van der Waals surface area contributed by atoms with Crippen LogP contribution in [0.2, 0.25) is 5.02 Å². The molecule has 2 rings (SSSR count). The van der Waals surface area contributed by atoms with Crippen molar-refractivity contribution in [3.63, 3.8) is 0 Å². The largest absolute Gasteiger partial charge is 0.264 e. The molecule has 81 valence electrons. The summed E-state index contributed by atoms with van der Waals surface area (Å²) in [6, 6.07) is 14.3. The predicted octanol–water partition coefficient (Wildman–Crippen LogP) is 4.74. The van der Waals surface area contributed by atoms with Gasteiger partial charge in [0.2, 0.25) is 0 Å². The minimum Gasteiger partial charge on any atom is -0.205 e. The summed E-state index contributed by atoms with van der Waals surface area (Å²) in [4.78, 5) is 0. The van der Waals surface area contributed by atoms with Gasteiger partial charge in [0, 0.05) is 16.1 Å². The van der Waals surface area contributed by atoms with E-state index in [0.29, 0.717) is 10.6 Å². The lowest BCUT2D eigenvalue weighted by Crippen LogP contribution is -1.86. The third-order valence-corrected chi connectivity index (χ3v) is 2.57. The smallest absolute Gasteiger partial charge is 0.205 e. The van der Waals surface area contributed by atoms with Gasteiger partial charge in [-0.15, -0.1) is 0 Å². The summed E-state index contributed by atoms with van der Waals surface area (Å²) in [5, 5.41) is 0.550. The van der Waals surface area contributed by atoms with E-state index >= 15 is 0 Å². The van der Waals surface area contributed by atoms with Crippen LogP contribution in [0.5, 0.6) is 0 Å². The molecule has 0 aromatic heterocycles. The molecular formula is C13H8ClF2. The van der Waals surface area contributed by atoms with Gasteiger partial charge in [0.1, 0.15) is 0 Å². The minimum absolute atomic E-state index is 0.114. The number of hydrogen-bond acceptors (Lipinski definition) is 0. The highest BCUT2D eigenvalue weighted by Crippen LogP contribution is 2.30. The van der Waals surface area contributed by atoms with E-state index < -0.39 is 6.43 Å². The minimum atomic E-state index is -2.51. The Morgan fingerprint density at radius 3 is 2.56 bits per heavy atom. The van der Waals surface area contributed by atoms with E-state index in [1.807, 2.05) is 6.07 Å². The zero-order valence-corrected chi connectivity index (χ0v) is 9.01. The maximum Gasteiger partial charge on any atom is 0.264 e. The molecule has 0 aliphatic rings. The van der Waals surface area contributed by atoms with E-state index in [9.17, 15) is 8.78 Å². The molecule has 16 heavy (non-hydrogen) atoms. The highest BCUT2D eigenvalue weighted by Gasteiger charge is 2.09. The van der Waals surface area contributed by atoms with Gasteiger partial charge in [0.05, 0.1) is 0 Å². The quantitative estimate of drug-likeness (QED) is 0.707. The SMILES string of the molecule is FC(F)c1[c]ccc(-c2ccccc2Cl)c1. The van der Waals surface area contributed by atoms with Crippen LogP contribution in [-0.4, -0.2) is 0 Å². The van der Waals surface area contributed by atoms with Crippen molar-refractivity contribution >= 4 is 11.6 Å². The highest BCUT2D eigenvalue weighted by molar-refractivity contribution is 6.33. The Bertz CT molecular complexity index is 495. The van der Waals surface area contributed by atoms with Crippen molar-refractivity contribution in [2.24, 2.45) is 0 Å². The van der Waals surface area contributed by atoms with Gasteiger partial charge in [-0.2, -0.15) is 0 Å². The van der Waals surface area contributed by atoms with Gasteiger partial charge in [0.25, 0.3) is 6.43 Å². The second-order valence-corrected chi connectivity index (χ2v) is 3.72. The summed E-state index contributed by atoms with van der Waals surface area (Å²) in [5.74, 6) is 0. The third kappa shape index (κ3) is 2.22. The van der Waals surface area contributed by atoms with Crippen LogP contribution in [0.25, 0.3) is 11.1 Å². The molecule has 0 saturated heterocycles. The van der Waals surface area contributed by atoms with Crippen LogP contribution in [0.1, 0.15) is 12.0 Å². The van der Waals surface area contributed by atoms with Crippen molar-refractivity contribution in [3.05, 3.63) is 59.1 Å². The van der Waals surface area contributed by atoms with Crippen molar-refractivity contribution in [2.75, 3.05) is 0 Å². The summed E-state index contributed by atoms with van der Waals surface area (Å²) in [6.45, 7) is 0. The summed E-state index contributed by atoms with van der Waals surface area (Å²) in [7, 11) is 0. The van der Waals surface area contributed by atoms with Gasteiger partial charge in [-0.05, 0) is 23.8 Å². The van der Waals surface area contributed by atoms with Crippen molar-refractivity contribution in [2.45, 2.75) is 6.43 Å². The monoisotopic (exact) mass is 237 g/mol. The fourth-order valence-electron chi connectivity index (χ4n) is 1.47. The van der Waals surface area contributed by atoms with Gasteiger partial charge in [-0.1, -0.05) is 41.9 Å². The lowest BCUT2D eigenvalue weighted by Gasteiger charge is -2.06. The first-order chi connectivity index (χ1) is 7.68. The molecule has 0 spiro atoms. The molecule has 0 nitrogen and oxygen atoms in total. The zero-order chi connectivity index (χ0) is 11.5. The molecule has 0 atom stereocenters. The molecule has 0 aliphatic heterocycles. The number of alkyl halides is 2. The molecule has 3 heteroatoms. The molecule has 0 saturated carbocycles. The second kappa shape index (κ2) is 4.62. The van der Waals surface area contributed by atoms with E-state index in [4.69, 9.17) is 11.6 Å². The molecule has 0 fully saturated rings. The molecule has 1 radical (unpaired) electrons. The Morgan fingerprint density at radius 2 is 1.88 bits per heavy atom. The molecule has 0 amide bonds. The van der Waals surface area contributed by atoms with Crippen LogP contribution < -0.4 is 0 Å². The lowest BCUT2D eigenvalue weighted by atomic mass is 10.0. The number of benzene rings is 2. The zero-order valence-electron chi connectivity index (χ0n) is 8.25. The third-order valence-electron chi connectivity index (χ3n) is 2.24. The van der Waals surface area contributed by atoms with Gasteiger partial charge >= 0.3 is 0 Å². The number of rotatable bonds is 2. The first-order valence-corrected chi connectivity index (χ1v) is 5.11.